The summed E-state index contributed by atoms with van der Waals surface area (Å²) >= 11 is 0. The maximum Gasteiger partial charge on any atom is 0.227 e. The van der Waals surface area contributed by atoms with Gasteiger partial charge in [-0.1, -0.05) is 30.3 Å². The van der Waals surface area contributed by atoms with Crippen LogP contribution in [0.1, 0.15) is 30.6 Å². The van der Waals surface area contributed by atoms with E-state index in [1.165, 1.54) is 0 Å². The number of benzene rings is 2. The van der Waals surface area contributed by atoms with E-state index in [2.05, 4.69) is 5.32 Å². The number of hydrogen-bond donors (Lipinski definition) is 2. The lowest BCUT2D eigenvalue weighted by Crippen LogP contribution is -2.16. The van der Waals surface area contributed by atoms with Crippen LogP contribution in [0.15, 0.2) is 48.5 Å². The average Bonchev–Trinajstić information content (AvgIpc) is 2.51. The SMILES string of the molecule is CCOc1ccc(NC(=O)CC(O)c2ccccc2)c(C)c1. The lowest BCUT2D eigenvalue weighted by Gasteiger charge is -2.13. The molecule has 0 spiro atoms. The van der Waals surface area contributed by atoms with Gasteiger partial charge in [0.1, 0.15) is 5.75 Å². The predicted octanol–water partition coefficient (Wildman–Crippen LogP) is 3.46. The van der Waals surface area contributed by atoms with Gasteiger partial charge >= 0.3 is 0 Å². The lowest BCUT2D eigenvalue weighted by atomic mass is 10.1. The van der Waals surface area contributed by atoms with Crippen molar-refractivity contribution in [2.75, 3.05) is 11.9 Å². The highest BCUT2D eigenvalue weighted by Crippen LogP contribution is 2.23. The smallest absolute Gasteiger partial charge is 0.227 e. The summed E-state index contributed by atoms with van der Waals surface area (Å²) in [5.41, 5.74) is 2.39. The van der Waals surface area contributed by atoms with Gasteiger partial charge in [-0.25, -0.2) is 0 Å². The third kappa shape index (κ3) is 4.33. The summed E-state index contributed by atoms with van der Waals surface area (Å²) in [6, 6.07) is 14.7. The summed E-state index contributed by atoms with van der Waals surface area (Å²) in [5, 5.41) is 12.9. The van der Waals surface area contributed by atoms with Crippen molar-refractivity contribution in [3.8, 4) is 5.75 Å². The topological polar surface area (TPSA) is 58.6 Å². The molecular weight excluding hydrogens is 278 g/mol. The second-order valence-electron chi connectivity index (χ2n) is 5.09. The zero-order chi connectivity index (χ0) is 15.9. The Labute approximate surface area is 130 Å². The second-order valence-corrected chi connectivity index (χ2v) is 5.09. The fraction of sp³-hybridized carbons (Fsp3) is 0.278. The quantitative estimate of drug-likeness (QED) is 0.859. The van der Waals surface area contributed by atoms with Crippen LogP contribution >= 0.6 is 0 Å². The predicted molar refractivity (Wildman–Crippen MR) is 87.0 cm³/mol. The summed E-state index contributed by atoms with van der Waals surface area (Å²) in [6.07, 6.45) is -0.777. The Morgan fingerprint density at radius 3 is 2.59 bits per heavy atom. The number of hydrogen-bond acceptors (Lipinski definition) is 3. The normalized spacial score (nSPS) is 11.8. The van der Waals surface area contributed by atoms with Crippen LogP contribution < -0.4 is 10.1 Å². The van der Waals surface area contributed by atoms with E-state index in [-0.39, 0.29) is 12.3 Å². The lowest BCUT2D eigenvalue weighted by molar-refractivity contribution is -0.118. The zero-order valence-corrected chi connectivity index (χ0v) is 12.9. The molecule has 116 valence electrons. The number of carbonyl (C=O) groups is 1. The van der Waals surface area contributed by atoms with Crippen molar-refractivity contribution in [2.45, 2.75) is 26.4 Å². The van der Waals surface area contributed by atoms with E-state index >= 15 is 0 Å². The Morgan fingerprint density at radius 2 is 1.95 bits per heavy atom. The van der Waals surface area contributed by atoms with Crippen molar-refractivity contribution in [1.82, 2.24) is 0 Å². The molecule has 1 amide bonds. The van der Waals surface area contributed by atoms with E-state index in [1.54, 1.807) is 12.1 Å². The molecule has 4 nitrogen and oxygen atoms in total. The Hall–Kier alpha value is -2.33. The van der Waals surface area contributed by atoms with E-state index in [9.17, 15) is 9.90 Å². The highest BCUT2D eigenvalue weighted by molar-refractivity contribution is 5.91. The van der Waals surface area contributed by atoms with Crippen LogP contribution in [0.4, 0.5) is 5.69 Å². The maximum absolute atomic E-state index is 12.1. The molecule has 0 aliphatic carbocycles. The average molecular weight is 299 g/mol. The van der Waals surface area contributed by atoms with E-state index in [1.807, 2.05) is 50.2 Å². The highest BCUT2D eigenvalue weighted by Gasteiger charge is 2.13. The first-order valence-electron chi connectivity index (χ1n) is 7.36. The minimum atomic E-state index is -0.802. The van der Waals surface area contributed by atoms with E-state index in [4.69, 9.17) is 4.74 Å². The Balaban J connectivity index is 1.97. The number of carbonyl (C=O) groups excluding carboxylic acids is 1. The van der Waals surface area contributed by atoms with Gasteiger partial charge in [0.25, 0.3) is 0 Å². The molecule has 22 heavy (non-hydrogen) atoms. The first kappa shape index (κ1) is 16.0. The first-order chi connectivity index (χ1) is 10.6. The van der Waals surface area contributed by atoms with Gasteiger partial charge in [-0.3, -0.25) is 4.79 Å². The van der Waals surface area contributed by atoms with Crippen LogP contribution in [-0.4, -0.2) is 17.6 Å². The Bertz CT molecular complexity index is 625. The number of aryl methyl sites for hydroxylation is 1. The van der Waals surface area contributed by atoms with Crippen LogP contribution in [0.3, 0.4) is 0 Å². The summed E-state index contributed by atoms with van der Waals surface area (Å²) in [6.45, 7) is 4.44. The van der Waals surface area contributed by atoms with Gasteiger partial charge in [-0.15, -0.1) is 0 Å². The van der Waals surface area contributed by atoms with Crippen LogP contribution in [0.2, 0.25) is 0 Å². The Morgan fingerprint density at radius 1 is 1.23 bits per heavy atom. The minimum Gasteiger partial charge on any atom is -0.494 e. The molecule has 1 atom stereocenters. The van der Waals surface area contributed by atoms with Crippen molar-refractivity contribution in [2.24, 2.45) is 0 Å². The summed E-state index contributed by atoms with van der Waals surface area (Å²) in [4.78, 5) is 12.1. The first-order valence-corrected chi connectivity index (χ1v) is 7.36. The molecule has 4 heteroatoms. The molecule has 2 aromatic carbocycles. The molecule has 0 fully saturated rings. The summed E-state index contributed by atoms with van der Waals surface area (Å²) < 4.78 is 5.42. The number of nitrogens with one attached hydrogen (secondary N) is 1. The Kier molecular flexibility index (Phi) is 5.55. The molecule has 0 bridgehead atoms. The van der Waals surface area contributed by atoms with Gasteiger partial charge in [0.05, 0.1) is 19.1 Å². The minimum absolute atomic E-state index is 0.0245. The number of ether oxygens (including phenoxy) is 1. The van der Waals surface area contributed by atoms with Crippen LogP contribution in [0, 0.1) is 6.92 Å². The zero-order valence-electron chi connectivity index (χ0n) is 12.9. The second kappa shape index (κ2) is 7.61. The summed E-state index contributed by atoms with van der Waals surface area (Å²) in [7, 11) is 0. The standard InChI is InChI=1S/C18H21NO3/c1-3-22-15-9-10-16(13(2)11-15)19-18(21)12-17(20)14-7-5-4-6-8-14/h4-11,17,20H,3,12H2,1-2H3,(H,19,21). The molecule has 2 aromatic rings. The van der Waals surface area contributed by atoms with E-state index in [0.717, 1.165) is 22.6 Å². The molecule has 0 saturated heterocycles. The summed E-state index contributed by atoms with van der Waals surface area (Å²) in [5.74, 6) is 0.561. The fourth-order valence-electron chi connectivity index (χ4n) is 2.20. The largest absolute Gasteiger partial charge is 0.494 e. The third-order valence-corrected chi connectivity index (χ3v) is 3.35. The number of amides is 1. The van der Waals surface area contributed by atoms with Gasteiger partial charge in [0.15, 0.2) is 0 Å². The van der Waals surface area contributed by atoms with Gasteiger partial charge in [-0.2, -0.15) is 0 Å². The molecule has 0 aromatic heterocycles. The van der Waals surface area contributed by atoms with E-state index < -0.39 is 6.10 Å². The molecule has 1 unspecified atom stereocenters. The van der Waals surface area contributed by atoms with Crippen LogP contribution in [0.5, 0.6) is 5.75 Å². The number of aliphatic hydroxyl groups excluding tert-OH is 1. The molecule has 0 aliphatic rings. The molecule has 0 heterocycles. The maximum atomic E-state index is 12.1. The number of rotatable bonds is 6. The van der Waals surface area contributed by atoms with Crippen LogP contribution in [-0.2, 0) is 4.79 Å². The number of anilines is 1. The molecule has 2 rings (SSSR count). The van der Waals surface area contributed by atoms with E-state index in [0.29, 0.717) is 6.61 Å². The van der Waals surface area contributed by atoms with Crippen molar-refractivity contribution < 1.29 is 14.6 Å². The molecule has 0 saturated carbocycles. The van der Waals surface area contributed by atoms with Crippen molar-refractivity contribution in [3.05, 3.63) is 59.7 Å². The van der Waals surface area contributed by atoms with Gasteiger partial charge in [0, 0.05) is 5.69 Å². The molecule has 0 radical (unpaired) electrons. The monoisotopic (exact) mass is 299 g/mol. The van der Waals surface area contributed by atoms with Gasteiger partial charge < -0.3 is 15.2 Å². The van der Waals surface area contributed by atoms with Gasteiger partial charge in [-0.05, 0) is 43.2 Å². The van der Waals surface area contributed by atoms with Gasteiger partial charge in [0.2, 0.25) is 5.91 Å². The molecule has 0 aliphatic heterocycles. The van der Waals surface area contributed by atoms with Crippen molar-refractivity contribution in [3.63, 3.8) is 0 Å². The third-order valence-electron chi connectivity index (χ3n) is 3.35. The molecule has 2 N–H and O–H groups in total. The highest BCUT2D eigenvalue weighted by atomic mass is 16.5. The fourth-order valence-corrected chi connectivity index (χ4v) is 2.20. The van der Waals surface area contributed by atoms with Crippen molar-refractivity contribution in [1.29, 1.82) is 0 Å². The van der Waals surface area contributed by atoms with Crippen LogP contribution in [0.25, 0.3) is 0 Å². The van der Waals surface area contributed by atoms with Crippen molar-refractivity contribution >= 4 is 11.6 Å². The molecular formula is C18H21NO3. The number of aliphatic hydroxyl groups is 1.